The Bertz CT molecular complexity index is 1220. The molecular weight excluding hydrogens is 652 g/mol. The molecule has 0 fully saturated rings. The second-order valence-corrected chi connectivity index (χ2v) is 12.5. The van der Waals surface area contributed by atoms with Gasteiger partial charge in [-0.05, 0) is 68.1 Å². The Kier molecular flexibility index (Phi) is 20.4. The van der Waals surface area contributed by atoms with Crippen LogP contribution in [0.5, 0.6) is 0 Å². The van der Waals surface area contributed by atoms with Gasteiger partial charge in [0.2, 0.25) is 11.8 Å². The molecule has 0 heterocycles. The molecule has 1 unspecified atom stereocenters. The molecule has 50 heavy (non-hydrogen) atoms. The van der Waals surface area contributed by atoms with Crippen LogP contribution in [-0.2, 0) is 28.6 Å². The Morgan fingerprint density at radius 3 is 2.46 bits per heavy atom. The second-order valence-electron chi connectivity index (χ2n) is 12.5. The number of rotatable bonds is 26. The van der Waals surface area contributed by atoms with E-state index in [4.69, 9.17) is 25.2 Å². The van der Waals surface area contributed by atoms with Gasteiger partial charge < -0.3 is 55.4 Å². The zero-order valence-electron chi connectivity index (χ0n) is 29.0. The molecule has 0 saturated carbocycles. The van der Waals surface area contributed by atoms with E-state index in [0.29, 0.717) is 19.6 Å². The smallest absolute Gasteiger partial charge is 0.364 e. The van der Waals surface area contributed by atoms with Crippen LogP contribution >= 0.6 is 0 Å². The fourth-order valence-electron chi connectivity index (χ4n) is 5.50. The molecule has 15 nitrogen and oxygen atoms in total. The SMILES string of the molecule is C/C(=C\N(N)CCO)COCCOCCO[C@@](O)(CC[C@H](C[C@H](O)CCNC(=O)CC1CC=C(c2ccccc2)CC1)NC(=O)CO)C(=O)O. The third-order valence-electron chi connectivity index (χ3n) is 8.18. The van der Waals surface area contributed by atoms with Crippen LogP contribution in [0.2, 0.25) is 0 Å². The fourth-order valence-corrected chi connectivity index (χ4v) is 5.50. The number of allylic oxidation sites excluding steroid dienone is 2. The Labute approximate surface area is 294 Å². The molecule has 282 valence electrons. The standard InChI is InChI=1S/C35H56N4O11/c1-26(23-39(36)15-16-40)25-49-18-17-48-19-20-50-35(47,34(45)46)13-11-30(38-33(44)24-41)22-31(42)12-14-37-32(43)21-27-7-9-29(10-8-27)28-5-3-2-4-6-28/h2-6,9,23,27,30-31,40-42,47H,7-8,10-22,24-25,36H2,1H3,(H,37,43)(H,38,44)(H,45,46)/b26-23+/t27?,30-,31-,35+/m1/s1. The monoisotopic (exact) mass is 708 g/mol. The highest BCUT2D eigenvalue weighted by atomic mass is 16.7. The Balaban J connectivity index is 1.71. The van der Waals surface area contributed by atoms with Crippen LogP contribution in [0.1, 0.15) is 63.9 Å². The first kappa shape index (κ1) is 42.8. The Hall–Kier alpha value is -3.41. The van der Waals surface area contributed by atoms with Crippen molar-refractivity contribution >= 4 is 23.4 Å². The average Bonchev–Trinajstić information content (AvgIpc) is 3.09. The van der Waals surface area contributed by atoms with Crippen molar-refractivity contribution in [3.63, 3.8) is 0 Å². The summed E-state index contributed by atoms with van der Waals surface area (Å²) < 4.78 is 16.1. The lowest BCUT2D eigenvalue weighted by molar-refractivity contribution is -0.230. The Morgan fingerprint density at radius 1 is 1.08 bits per heavy atom. The first-order valence-corrected chi connectivity index (χ1v) is 17.1. The van der Waals surface area contributed by atoms with Crippen molar-refractivity contribution in [2.24, 2.45) is 11.8 Å². The maximum atomic E-state index is 12.6. The molecule has 1 aliphatic rings. The molecule has 0 spiro atoms. The number of aliphatic carboxylic acids is 1. The predicted octanol–water partition coefficient (Wildman–Crippen LogP) is 0.670. The summed E-state index contributed by atoms with van der Waals surface area (Å²) in [4.78, 5) is 36.3. The van der Waals surface area contributed by atoms with Crippen molar-refractivity contribution in [1.29, 1.82) is 0 Å². The summed E-state index contributed by atoms with van der Waals surface area (Å²) in [6.07, 6.45) is 5.59. The van der Waals surface area contributed by atoms with Gasteiger partial charge in [-0.25, -0.2) is 10.6 Å². The van der Waals surface area contributed by atoms with Crippen molar-refractivity contribution < 1.29 is 54.1 Å². The van der Waals surface area contributed by atoms with Crippen LogP contribution in [-0.4, -0.2) is 126 Å². The number of benzene rings is 1. The molecule has 4 atom stereocenters. The molecule has 1 aromatic rings. The predicted molar refractivity (Wildman–Crippen MR) is 185 cm³/mol. The van der Waals surface area contributed by atoms with E-state index in [1.54, 1.807) is 6.20 Å². The highest BCUT2D eigenvalue weighted by Gasteiger charge is 2.38. The number of hydrogen-bond donors (Lipinski definition) is 8. The largest absolute Gasteiger partial charge is 0.477 e. The van der Waals surface area contributed by atoms with Crippen molar-refractivity contribution in [3.05, 3.63) is 53.7 Å². The molecular formula is C35H56N4O11. The van der Waals surface area contributed by atoms with E-state index in [-0.39, 0.29) is 70.7 Å². The van der Waals surface area contributed by atoms with Crippen molar-refractivity contribution in [2.75, 3.05) is 59.3 Å². The van der Waals surface area contributed by atoms with E-state index < -0.39 is 42.8 Å². The van der Waals surface area contributed by atoms with Crippen LogP contribution in [0.25, 0.3) is 5.57 Å². The van der Waals surface area contributed by atoms with Crippen LogP contribution in [0.3, 0.4) is 0 Å². The molecule has 2 rings (SSSR count). The summed E-state index contributed by atoms with van der Waals surface area (Å²) in [5, 5.41) is 55.8. The highest BCUT2D eigenvalue weighted by molar-refractivity contribution is 5.77. The number of nitrogens with zero attached hydrogens (tertiary/aromatic N) is 1. The van der Waals surface area contributed by atoms with Gasteiger partial charge in [-0.1, -0.05) is 36.4 Å². The number of nitrogens with two attached hydrogens (primary N) is 1. The molecule has 2 amide bonds. The van der Waals surface area contributed by atoms with Crippen LogP contribution in [0.4, 0.5) is 0 Å². The van der Waals surface area contributed by atoms with E-state index in [1.807, 2.05) is 25.1 Å². The third-order valence-corrected chi connectivity index (χ3v) is 8.18. The zero-order valence-corrected chi connectivity index (χ0v) is 29.0. The number of hydrazine groups is 1. The number of aliphatic hydroxyl groups excluding tert-OH is 3. The van der Waals surface area contributed by atoms with Gasteiger partial charge >= 0.3 is 5.97 Å². The van der Waals surface area contributed by atoms with Gasteiger partial charge in [-0.3, -0.25) is 9.59 Å². The zero-order chi connectivity index (χ0) is 36.8. The lowest BCUT2D eigenvalue weighted by atomic mass is 9.85. The van der Waals surface area contributed by atoms with Crippen molar-refractivity contribution in [3.8, 4) is 0 Å². The maximum Gasteiger partial charge on any atom is 0.364 e. The third kappa shape index (κ3) is 17.5. The van der Waals surface area contributed by atoms with E-state index in [1.165, 1.54) is 16.1 Å². The molecule has 0 aromatic heterocycles. The molecule has 9 N–H and O–H groups in total. The van der Waals surface area contributed by atoms with Gasteiger partial charge in [0.15, 0.2) is 0 Å². The highest BCUT2D eigenvalue weighted by Crippen LogP contribution is 2.31. The maximum absolute atomic E-state index is 12.6. The number of carboxylic acids is 1. The topological polar surface area (TPSA) is 233 Å². The number of aliphatic hydroxyl groups is 4. The number of ether oxygens (including phenoxy) is 3. The van der Waals surface area contributed by atoms with E-state index in [2.05, 4.69) is 28.8 Å². The average molecular weight is 709 g/mol. The van der Waals surface area contributed by atoms with Crippen molar-refractivity contribution in [2.45, 2.75) is 76.2 Å². The quantitative estimate of drug-likeness (QED) is 0.0287. The van der Waals surface area contributed by atoms with Gasteiger partial charge in [0.25, 0.3) is 5.79 Å². The number of carboxylic acid groups (broad SMARTS) is 1. The number of amides is 2. The summed E-state index contributed by atoms with van der Waals surface area (Å²) in [5.41, 5.74) is 3.34. The number of hydrogen-bond acceptors (Lipinski definition) is 12. The molecule has 0 aliphatic heterocycles. The van der Waals surface area contributed by atoms with E-state index >= 15 is 0 Å². The van der Waals surface area contributed by atoms with Crippen LogP contribution in [0, 0.1) is 5.92 Å². The summed E-state index contributed by atoms with van der Waals surface area (Å²) in [7, 11) is 0. The van der Waals surface area contributed by atoms with Gasteiger partial charge in [0.1, 0.15) is 6.61 Å². The lowest BCUT2D eigenvalue weighted by Gasteiger charge is -2.27. The lowest BCUT2D eigenvalue weighted by Crippen LogP contribution is -2.45. The Morgan fingerprint density at radius 2 is 1.80 bits per heavy atom. The van der Waals surface area contributed by atoms with Gasteiger partial charge in [0.05, 0.1) is 52.3 Å². The van der Waals surface area contributed by atoms with Gasteiger partial charge in [0, 0.05) is 31.6 Å². The van der Waals surface area contributed by atoms with Crippen LogP contribution < -0.4 is 16.5 Å². The minimum absolute atomic E-state index is 0.00445. The van der Waals surface area contributed by atoms with Crippen molar-refractivity contribution in [1.82, 2.24) is 15.6 Å². The summed E-state index contributed by atoms with van der Waals surface area (Å²) in [6, 6.07) is 9.39. The first-order valence-electron chi connectivity index (χ1n) is 17.1. The molecule has 1 aromatic carbocycles. The second kappa shape index (κ2) is 23.9. The van der Waals surface area contributed by atoms with Crippen LogP contribution in [0.15, 0.2) is 48.2 Å². The van der Waals surface area contributed by atoms with Gasteiger partial charge in [-0.15, -0.1) is 0 Å². The fraction of sp³-hybridized carbons (Fsp3) is 0.629. The van der Waals surface area contributed by atoms with Gasteiger partial charge in [-0.2, -0.15) is 0 Å². The van der Waals surface area contributed by atoms with E-state index in [9.17, 15) is 34.8 Å². The minimum atomic E-state index is -2.58. The summed E-state index contributed by atoms with van der Waals surface area (Å²) >= 11 is 0. The molecule has 1 aliphatic carbocycles. The number of carbonyl (C=O) groups is 3. The van der Waals surface area contributed by atoms with E-state index in [0.717, 1.165) is 24.8 Å². The molecule has 0 radical (unpaired) electrons. The number of carbonyl (C=O) groups excluding carboxylic acids is 2. The summed E-state index contributed by atoms with van der Waals surface area (Å²) in [5.74, 6) is 0.870. The molecule has 0 saturated heterocycles. The normalized spacial score (nSPS) is 17.3. The first-order chi connectivity index (χ1) is 23.9. The molecule has 0 bridgehead atoms. The summed E-state index contributed by atoms with van der Waals surface area (Å²) in [6.45, 7) is 1.89. The number of nitrogens with one attached hydrogen (secondary N) is 2. The molecule has 15 heteroatoms. The minimum Gasteiger partial charge on any atom is -0.477 e.